The fraction of sp³-hybridized carbons (Fsp3) is 0.308. The van der Waals surface area contributed by atoms with Crippen molar-refractivity contribution in [3.63, 3.8) is 0 Å². The quantitative estimate of drug-likeness (QED) is 0.919. The number of thiazole rings is 1. The van der Waals surface area contributed by atoms with Gasteiger partial charge in [-0.25, -0.2) is 4.98 Å². The van der Waals surface area contributed by atoms with E-state index < -0.39 is 0 Å². The van der Waals surface area contributed by atoms with E-state index in [-0.39, 0.29) is 16.8 Å². The Morgan fingerprint density at radius 3 is 2.95 bits per heavy atom. The number of aromatic nitrogens is 1. The molecule has 0 fully saturated rings. The maximum absolute atomic E-state index is 11.7. The monoisotopic (exact) mass is 310 g/mol. The molecule has 0 aliphatic carbocycles. The SMILES string of the molecule is CCOc1cccc2sc(NC(=O)CSC(C)=O)nc12. The molecular formula is C13H14N2O3S2. The highest BCUT2D eigenvalue weighted by Crippen LogP contribution is 2.32. The van der Waals surface area contributed by atoms with Crippen molar-refractivity contribution in [2.45, 2.75) is 13.8 Å². The van der Waals surface area contributed by atoms with Crippen LogP contribution in [0.3, 0.4) is 0 Å². The highest BCUT2D eigenvalue weighted by Gasteiger charge is 2.11. The summed E-state index contributed by atoms with van der Waals surface area (Å²) < 4.78 is 6.45. The highest BCUT2D eigenvalue weighted by atomic mass is 32.2. The summed E-state index contributed by atoms with van der Waals surface area (Å²) in [4.78, 5) is 26.8. The molecule has 1 amide bonds. The van der Waals surface area contributed by atoms with Crippen molar-refractivity contribution in [2.75, 3.05) is 17.7 Å². The standard InChI is InChI=1S/C13H14N2O3S2/c1-3-18-9-5-4-6-10-12(9)15-13(20-10)14-11(17)7-19-8(2)16/h4-6H,3,7H2,1-2H3,(H,14,15,17). The number of para-hydroxylation sites is 1. The molecule has 1 aromatic heterocycles. The van der Waals surface area contributed by atoms with E-state index >= 15 is 0 Å². The molecule has 0 atom stereocenters. The molecule has 0 saturated carbocycles. The molecule has 0 radical (unpaired) electrons. The average Bonchev–Trinajstić information content (AvgIpc) is 2.80. The summed E-state index contributed by atoms with van der Waals surface area (Å²) in [6, 6.07) is 5.67. The van der Waals surface area contributed by atoms with Gasteiger partial charge in [0.25, 0.3) is 0 Å². The predicted octanol–water partition coefficient (Wildman–Crippen LogP) is 2.91. The lowest BCUT2D eigenvalue weighted by atomic mass is 10.3. The molecule has 0 unspecified atom stereocenters. The van der Waals surface area contributed by atoms with Crippen molar-refractivity contribution >= 4 is 49.5 Å². The molecule has 1 heterocycles. The van der Waals surface area contributed by atoms with Gasteiger partial charge < -0.3 is 10.1 Å². The number of carbonyl (C=O) groups excluding carboxylic acids is 2. The summed E-state index contributed by atoms with van der Waals surface area (Å²) in [5.41, 5.74) is 0.744. The molecule has 0 saturated heterocycles. The van der Waals surface area contributed by atoms with Crippen LogP contribution in [0.25, 0.3) is 10.2 Å². The van der Waals surface area contributed by atoms with E-state index in [9.17, 15) is 9.59 Å². The summed E-state index contributed by atoms with van der Waals surface area (Å²) in [5, 5.41) is 3.13. The minimum Gasteiger partial charge on any atom is -0.492 e. The number of thioether (sulfide) groups is 1. The van der Waals surface area contributed by atoms with Crippen molar-refractivity contribution in [2.24, 2.45) is 0 Å². The molecule has 106 valence electrons. The van der Waals surface area contributed by atoms with Crippen LogP contribution in [-0.2, 0) is 9.59 Å². The van der Waals surface area contributed by atoms with Gasteiger partial charge in [-0.2, -0.15) is 0 Å². The van der Waals surface area contributed by atoms with Crippen molar-refractivity contribution in [3.8, 4) is 5.75 Å². The molecule has 20 heavy (non-hydrogen) atoms. The number of fused-ring (bicyclic) bond motifs is 1. The average molecular weight is 310 g/mol. The Morgan fingerprint density at radius 1 is 1.45 bits per heavy atom. The molecule has 2 aromatic rings. The smallest absolute Gasteiger partial charge is 0.236 e. The molecule has 0 aliphatic rings. The van der Waals surface area contributed by atoms with E-state index in [1.54, 1.807) is 0 Å². The number of ether oxygens (including phenoxy) is 1. The van der Waals surface area contributed by atoms with Crippen molar-refractivity contribution in [3.05, 3.63) is 18.2 Å². The van der Waals surface area contributed by atoms with E-state index in [0.29, 0.717) is 17.5 Å². The van der Waals surface area contributed by atoms with Crippen LogP contribution in [0.15, 0.2) is 18.2 Å². The van der Waals surface area contributed by atoms with Crippen LogP contribution in [0, 0.1) is 0 Å². The van der Waals surface area contributed by atoms with Gasteiger partial charge in [0.1, 0.15) is 11.3 Å². The number of amides is 1. The largest absolute Gasteiger partial charge is 0.492 e. The Kier molecular flexibility index (Phi) is 4.97. The normalized spacial score (nSPS) is 10.5. The number of hydrogen-bond acceptors (Lipinski definition) is 6. The fourth-order valence-electron chi connectivity index (χ4n) is 1.57. The lowest BCUT2D eigenvalue weighted by molar-refractivity contribution is -0.114. The Labute approximate surface area is 124 Å². The Morgan fingerprint density at radius 2 is 2.25 bits per heavy atom. The van der Waals surface area contributed by atoms with Crippen LogP contribution in [-0.4, -0.2) is 28.4 Å². The highest BCUT2D eigenvalue weighted by molar-refractivity contribution is 8.14. The van der Waals surface area contributed by atoms with Gasteiger partial charge >= 0.3 is 0 Å². The maximum atomic E-state index is 11.7. The second-order valence-electron chi connectivity index (χ2n) is 3.88. The third-order valence-electron chi connectivity index (χ3n) is 2.33. The molecule has 1 aromatic carbocycles. The number of benzene rings is 1. The summed E-state index contributed by atoms with van der Waals surface area (Å²) in [7, 11) is 0. The Bertz CT molecular complexity index is 640. The number of rotatable bonds is 5. The number of anilines is 1. The van der Waals surface area contributed by atoms with Crippen molar-refractivity contribution < 1.29 is 14.3 Å². The minimum atomic E-state index is -0.234. The summed E-state index contributed by atoms with van der Waals surface area (Å²) in [5.74, 6) is 0.575. The van der Waals surface area contributed by atoms with E-state index in [4.69, 9.17) is 4.74 Å². The van der Waals surface area contributed by atoms with E-state index in [1.165, 1.54) is 18.3 Å². The van der Waals surface area contributed by atoms with Gasteiger partial charge in [-0.15, -0.1) is 0 Å². The third kappa shape index (κ3) is 3.71. The Balaban J connectivity index is 2.13. The zero-order chi connectivity index (χ0) is 14.5. The molecule has 1 N–H and O–H groups in total. The van der Waals surface area contributed by atoms with Gasteiger partial charge in [0, 0.05) is 6.92 Å². The first kappa shape index (κ1) is 14.8. The lowest BCUT2D eigenvalue weighted by Crippen LogP contribution is -2.14. The van der Waals surface area contributed by atoms with Crippen LogP contribution >= 0.6 is 23.1 Å². The fourth-order valence-corrected chi connectivity index (χ4v) is 2.88. The van der Waals surface area contributed by atoms with E-state index in [0.717, 1.165) is 22.0 Å². The summed E-state index contributed by atoms with van der Waals surface area (Å²) in [6.45, 7) is 3.91. The van der Waals surface area contributed by atoms with Crippen LogP contribution in [0.5, 0.6) is 5.75 Å². The number of hydrogen-bond donors (Lipinski definition) is 1. The topological polar surface area (TPSA) is 68.3 Å². The van der Waals surface area contributed by atoms with Gasteiger partial charge in [0.05, 0.1) is 17.1 Å². The van der Waals surface area contributed by atoms with Gasteiger partial charge in [-0.05, 0) is 19.1 Å². The van der Waals surface area contributed by atoms with Gasteiger partial charge in [0.15, 0.2) is 10.2 Å². The zero-order valence-corrected chi connectivity index (χ0v) is 12.8. The second-order valence-corrected chi connectivity index (χ2v) is 6.07. The van der Waals surface area contributed by atoms with Crippen molar-refractivity contribution in [1.82, 2.24) is 4.98 Å². The molecule has 2 rings (SSSR count). The van der Waals surface area contributed by atoms with Crippen molar-refractivity contribution in [1.29, 1.82) is 0 Å². The summed E-state index contributed by atoms with van der Waals surface area (Å²) in [6.07, 6.45) is 0. The van der Waals surface area contributed by atoms with E-state index in [2.05, 4.69) is 10.3 Å². The lowest BCUT2D eigenvalue weighted by Gasteiger charge is -2.02. The van der Waals surface area contributed by atoms with Gasteiger partial charge in [-0.1, -0.05) is 29.2 Å². The predicted molar refractivity (Wildman–Crippen MR) is 82.6 cm³/mol. The van der Waals surface area contributed by atoms with Crippen LogP contribution in [0.4, 0.5) is 5.13 Å². The molecule has 0 aliphatic heterocycles. The first-order valence-electron chi connectivity index (χ1n) is 6.05. The minimum absolute atomic E-state index is 0.0805. The van der Waals surface area contributed by atoms with E-state index in [1.807, 2.05) is 25.1 Å². The number of nitrogens with one attached hydrogen (secondary N) is 1. The van der Waals surface area contributed by atoms with Crippen LogP contribution in [0.2, 0.25) is 0 Å². The van der Waals surface area contributed by atoms with Gasteiger partial charge in [-0.3, -0.25) is 9.59 Å². The summed E-state index contributed by atoms with van der Waals surface area (Å²) >= 11 is 2.36. The van der Waals surface area contributed by atoms with Crippen LogP contribution < -0.4 is 10.1 Å². The van der Waals surface area contributed by atoms with Crippen LogP contribution in [0.1, 0.15) is 13.8 Å². The second kappa shape index (κ2) is 6.71. The molecule has 0 bridgehead atoms. The van der Waals surface area contributed by atoms with Gasteiger partial charge in [0.2, 0.25) is 5.91 Å². The Hall–Kier alpha value is -1.60. The number of nitrogens with zero attached hydrogens (tertiary/aromatic N) is 1. The first-order chi connectivity index (χ1) is 9.60. The molecule has 5 nitrogen and oxygen atoms in total. The zero-order valence-electron chi connectivity index (χ0n) is 11.1. The number of carbonyl (C=O) groups is 2. The first-order valence-corrected chi connectivity index (χ1v) is 7.86. The molecule has 7 heteroatoms. The third-order valence-corrected chi connectivity index (χ3v) is 4.08. The molecule has 0 spiro atoms. The maximum Gasteiger partial charge on any atom is 0.236 e. The molecular weight excluding hydrogens is 296 g/mol.